The number of methoxy groups -OCH3 is 1. The molecule has 106 valence electrons. The maximum absolute atomic E-state index is 11.6. The predicted octanol–water partition coefficient (Wildman–Crippen LogP) is 0.963. The summed E-state index contributed by atoms with van der Waals surface area (Å²) in [7, 11) is -1.84. The van der Waals surface area contributed by atoms with Gasteiger partial charge in [0.25, 0.3) is 0 Å². The summed E-state index contributed by atoms with van der Waals surface area (Å²) in [6.45, 7) is 1.48. The van der Waals surface area contributed by atoms with Crippen LogP contribution in [0.2, 0.25) is 0 Å². The molecule has 0 fully saturated rings. The van der Waals surface area contributed by atoms with Crippen molar-refractivity contribution in [1.82, 2.24) is 4.72 Å². The molecule has 0 radical (unpaired) electrons. The van der Waals surface area contributed by atoms with E-state index in [-0.39, 0.29) is 12.3 Å². The van der Waals surface area contributed by atoms with Crippen LogP contribution in [0.15, 0.2) is 24.3 Å². The van der Waals surface area contributed by atoms with E-state index in [0.29, 0.717) is 17.9 Å². The highest BCUT2D eigenvalue weighted by Gasteiger charge is 2.11. The standard InChI is InChI=1S/C12H18N2O4S/c1-3-7-19(16,17)13-9-12(15)14-10-5-4-6-11(8-10)18-2/h4-6,8,13H,3,7,9H2,1-2H3,(H,14,15). The van der Waals surface area contributed by atoms with Crippen LogP contribution < -0.4 is 14.8 Å². The van der Waals surface area contributed by atoms with Crippen LogP contribution in [0.1, 0.15) is 13.3 Å². The Hall–Kier alpha value is -1.60. The number of nitrogens with one attached hydrogen (secondary N) is 2. The monoisotopic (exact) mass is 286 g/mol. The zero-order chi connectivity index (χ0) is 14.3. The minimum atomic E-state index is -3.37. The van der Waals surface area contributed by atoms with Crippen LogP contribution in [-0.4, -0.2) is 33.7 Å². The smallest absolute Gasteiger partial charge is 0.239 e. The zero-order valence-corrected chi connectivity index (χ0v) is 11.8. The summed E-state index contributed by atoms with van der Waals surface area (Å²) in [5.41, 5.74) is 0.555. The van der Waals surface area contributed by atoms with E-state index in [2.05, 4.69) is 10.0 Å². The van der Waals surface area contributed by atoms with Crippen LogP contribution in [0, 0.1) is 0 Å². The number of sulfonamides is 1. The van der Waals surface area contributed by atoms with Crippen molar-refractivity contribution in [3.63, 3.8) is 0 Å². The Morgan fingerprint density at radius 2 is 2.11 bits per heavy atom. The second-order valence-corrected chi connectivity index (χ2v) is 5.85. The number of ether oxygens (including phenoxy) is 1. The second-order valence-electron chi connectivity index (χ2n) is 3.92. The van der Waals surface area contributed by atoms with Crippen molar-refractivity contribution in [2.75, 3.05) is 24.7 Å². The lowest BCUT2D eigenvalue weighted by Crippen LogP contribution is -2.34. The number of carbonyl (C=O) groups excluding carboxylic acids is 1. The number of amides is 1. The van der Waals surface area contributed by atoms with Crippen molar-refractivity contribution in [2.45, 2.75) is 13.3 Å². The summed E-state index contributed by atoms with van der Waals surface area (Å²) in [6.07, 6.45) is 0.507. The van der Waals surface area contributed by atoms with Gasteiger partial charge in [-0.05, 0) is 18.6 Å². The van der Waals surface area contributed by atoms with E-state index in [9.17, 15) is 13.2 Å². The molecule has 0 aliphatic heterocycles. The Morgan fingerprint density at radius 1 is 1.37 bits per heavy atom. The maximum Gasteiger partial charge on any atom is 0.239 e. The molecule has 7 heteroatoms. The fraction of sp³-hybridized carbons (Fsp3) is 0.417. The highest BCUT2D eigenvalue weighted by Crippen LogP contribution is 2.16. The van der Waals surface area contributed by atoms with Crippen molar-refractivity contribution >= 4 is 21.6 Å². The molecule has 6 nitrogen and oxygen atoms in total. The van der Waals surface area contributed by atoms with E-state index < -0.39 is 15.9 Å². The molecular formula is C12H18N2O4S. The molecule has 0 saturated heterocycles. The molecule has 0 unspecified atom stereocenters. The van der Waals surface area contributed by atoms with Crippen molar-refractivity contribution in [1.29, 1.82) is 0 Å². The van der Waals surface area contributed by atoms with E-state index in [0.717, 1.165) is 0 Å². The van der Waals surface area contributed by atoms with Gasteiger partial charge in [-0.25, -0.2) is 13.1 Å². The fourth-order valence-corrected chi connectivity index (χ4v) is 2.46. The van der Waals surface area contributed by atoms with Crippen LogP contribution in [0.3, 0.4) is 0 Å². The SMILES string of the molecule is CCCS(=O)(=O)NCC(=O)Nc1cccc(OC)c1. The van der Waals surface area contributed by atoms with Gasteiger partial charge < -0.3 is 10.1 Å². The van der Waals surface area contributed by atoms with Gasteiger partial charge in [0, 0.05) is 11.8 Å². The van der Waals surface area contributed by atoms with Crippen molar-refractivity contribution in [3.05, 3.63) is 24.3 Å². The Morgan fingerprint density at radius 3 is 2.74 bits per heavy atom. The molecule has 0 bridgehead atoms. The van der Waals surface area contributed by atoms with Crippen LogP contribution in [-0.2, 0) is 14.8 Å². The number of hydrogen-bond acceptors (Lipinski definition) is 4. The molecule has 0 atom stereocenters. The first kappa shape index (κ1) is 15.5. The minimum Gasteiger partial charge on any atom is -0.497 e. The third-order valence-electron chi connectivity index (χ3n) is 2.28. The Labute approximate surface area is 113 Å². The quantitative estimate of drug-likeness (QED) is 0.782. The number of benzene rings is 1. The fourth-order valence-electron chi connectivity index (χ4n) is 1.42. The molecule has 1 amide bonds. The van der Waals surface area contributed by atoms with Gasteiger partial charge in [-0.15, -0.1) is 0 Å². The number of rotatable bonds is 7. The highest BCUT2D eigenvalue weighted by molar-refractivity contribution is 7.89. The molecular weight excluding hydrogens is 268 g/mol. The van der Waals surface area contributed by atoms with E-state index >= 15 is 0 Å². The van der Waals surface area contributed by atoms with Gasteiger partial charge in [-0.3, -0.25) is 4.79 Å². The molecule has 0 spiro atoms. The van der Waals surface area contributed by atoms with Gasteiger partial charge in [0.1, 0.15) is 5.75 Å². The molecule has 0 aliphatic rings. The summed E-state index contributed by atoms with van der Waals surface area (Å²) >= 11 is 0. The van der Waals surface area contributed by atoms with Gasteiger partial charge in [0.05, 0.1) is 19.4 Å². The van der Waals surface area contributed by atoms with Crippen LogP contribution in [0.5, 0.6) is 5.75 Å². The Balaban J connectivity index is 2.51. The molecule has 2 N–H and O–H groups in total. The maximum atomic E-state index is 11.6. The average molecular weight is 286 g/mol. The lowest BCUT2D eigenvalue weighted by atomic mass is 10.3. The minimum absolute atomic E-state index is 0.0133. The molecule has 1 aromatic rings. The average Bonchev–Trinajstić information content (AvgIpc) is 2.37. The van der Waals surface area contributed by atoms with Crippen molar-refractivity contribution in [2.24, 2.45) is 0 Å². The molecule has 0 aromatic heterocycles. The first-order chi connectivity index (χ1) is 8.96. The third kappa shape index (κ3) is 5.71. The van der Waals surface area contributed by atoms with Gasteiger partial charge in [-0.2, -0.15) is 0 Å². The zero-order valence-electron chi connectivity index (χ0n) is 11.0. The highest BCUT2D eigenvalue weighted by atomic mass is 32.2. The van der Waals surface area contributed by atoms with Gasteiger partial charge in [-0.1, -0.05) is 13.0 Å². The van der Waals surface area contributed by atoms with Gasteiger partial charge >= 0.3 is 0 Å². The molecule has 1 rings (SSSR count). The molecule has 19 heavy (non-hydrogen) atoms. The Bertz CT molecular complexity index is 528. The molecule has 0 saturated carbocycles. The summed E-state index contributed by atoms with van der Waals surface area (Å²) in [5, 5.41) is 2.59. The number of anilines is 1. The summed E-state index contributed by atoms with van der Waals surface area (Å²) in [4.78, 5) is 11.6. The number of carbonyl (C=O) groups is 1. The van der Waals surface area contributed by atoms with Crippen LogP contribution >= 0.6 is 0 Å². The summed E-state index contributed by atoms with van der Waals surface area (Å²) in [5.74, 6) is 0.205. The summed E-state index contributed by atoms with van der Waals surface area (Å²) < 4.78 is 30.0. The van der Waals surface area contributed by atoms with E-state index in [1.165, 1.54) is 7.11 Å². The number of hydrogen-bond donors (Lipinski definition) is 2. The van der Waals surface area contributed by atoms with Gasteiger partial charge in [0.2, 0.25) is 15.9 Å². The largest absolute Gasteiger partial charge is 0.497 e. The molecule has 0 heterocycles. The third-order valence-corrected chi connectivity index (χ3v) is 3.81. The lowest BCUT2D eigenvalue weighted by Gasteiger charge is -2.08. The van der Waals surface area contributed by atoms with E-state index in [1.807, 2.05) is 0 Å². The van der Waals surface area contributed by atoms with Gasteiger partial charge in [0.15, 0.2) is 0 Å². The van der Waals surface area contributed by atoms with Crippen molar-refractivity contribution in [3.8, 4) is 5.75 Å². The van der Waals surface area contributed by atoms with Crippen molar-refractivity contribution < 1.29 is 17.9 Å². The first-order valence-corrected chi connectivity index (χ1v) is 7.53. The predicted molar refractivity (Wildman–Crippen MR) is 73.7 cm³/mol. The topological polar surface area (TPSA) is 84.5 Å². The van der Waals surface area contributed by atoms with E-state index in [1.54, 1.807) is 31.2 Å². The van der Waals surface area contributed by atoms with Crippen LogP contribution in [0.25, 0.3) is 0 Å². The molecule has 1 aromatic carbocycles. The van der Waals surface area contributed by atoms with Crippen LogP contribution in [0.4, 0.5) is 5.69 Å². The lowest BCUT2D eigenvalue weighted by molar-refractivity contribution is -0.115. The summed E-state index contributed by atoms with van der Waals surface area (Å²) in [6, 6.07) is 6.83. The second kappa shape index (κ2) is 7.10. The molecule has 0 aliphatic carbocycles. The van der Waals surface area contributed by atoms with E-state index in [4.69, 9.17) is 4.74 Å². The normalized spacial score (nSPS) is 11.1. The first-order valence-electron chi connectivity index (χ1n) is 5.88. The Kier molecular flexibility index (Phi) is 5.78.